The smallest absolute Gasteiger partial charge is 0.122 e. The molecule has 0 radical (unpaired) electrons. The van der Waals surface area contributed by atoms with Crippen molar-refractivity contribution in [1.29, 1.82) is 0 Å². The van der Waals surface area contributed by atoms with Crippen LogP contribution in [0.4, 0.5) is 0 Å². The van der Waals surface area contributed by atoms with E-state index in [1.54, 1.807) is 14.2 Å². The topological polar surface area (TPSA) is 30.5 Å². The Balaban J connectivity index is 2.65. The Morgan fingerprint density at radius 2 is 2.00 bits per heavy atom. The van der Waals surface area contributed by atoms with Crippen LogP contribution in [-0.4, -0.2) is 20.3 Å². The molecule has 1 rings (SSSR count). The van der Waals surface area contributed by atoms with Gasteiger partial charge in [0.05, 0.1) is 14.2 Å². The Morgan fingerprint density at radius 3 is 2.64 bits per heavy atom. The molecule has 0 aliphatic heterocycles. The van der Waals surface area contributed by atoms with Crippen LogP contribution in [0.3, 0.4) is 0 Å². The number of methoxy groups -OCH3 is 1. The van der Waals surface area contributed by atoms with Crippen molar-refractivity contribution in [3.63, 3.8) is 0 Å². The van der Waals surface area contributed by atoms with Crippen molar-refractivity contribution < 1.29 is 9.57 Å². The van der Waals surface area contributed by atoms with E-state index in [1.165, 1.54) is 5.56 Å². The number of rotatable bonds is 5. The largest absolute Gasteiger partial charge is 0.496 e. The van der Waals surface area contributed by atoms with Crippen LogP contribution in [-0.2, 0) is 11.3 Å². The molecule has 0 fully saturated rings. The van der Waals surface area contributed by atoms with Crippen LogP contribution in [0.1, 0.15) is 12.5 Å². The second-order valence-corrected chi connectivity index (χ2v) is 3.24. The molecule has 1 N–H and O–H groups in total. The predicted molar refractivity (Wildman–Crippen MR) is 56.3 cm³/mol. The zero-order chi connectivity index (χ0) is 10.4. The van der Waals surface area contributed by atoms with Gasteiger partial charge < -0.3 is 9.57 Å². The molecule has 1 atom stereocenters. The lowest BCUT2D eigenvalue weighted by Crippen LogP contribution is -2.26. The summed E-state index contributed by atoms with van der Waals surface area (Å²) in [5.41, 5.74) is 4.08. The number of hydrogen-bond acceptors (Lipinski definition) is 3. The maximum atomic E-state index is 5.26. The Morgan fingerprint density at radius 1 is 1.29 bits per heavy atom. The molecule has 0 aromatic heterocycles. The van der Waals surface area contributed by atoms with E-state index in [0.717, 1.165) is 12.2 Å². The molecule has 0 aliphatic rings. The van der Waals surface area contributed by atoms with Gasteiger partial charge in [0, 0.05) is 6.04 Å². The fourth-order valence-electron chi connectivity index (χ4n) is 1.44. The lowest BCUT2D eigenvalue weighted by atomic mass is 10.1. The van der Waals surface area contributed by atoms with Crippen LogP contribution in [0.2, 0.25) is 0 Å². The lowest BCUT2D eigenvalue weighted by molar-refractivity contribution is 0.0659. The van der Waals surface area contributed by atoms with Crippen molar-refractivity contribution in [3.05, 3.63) is 29.8 Å². The van der Waals surface area contributed by atoms with Gasteiger partial charge >= 0.3 is 0 Å². The second-order valence-electron chi connectivity index (χ2n) is 3.24. The van der Waals surface area contributed by atoms with E-state index in [0.29, 0.717) is 0 Å². The van der Waals surface area contributed by atoms with Gasteiger partial charge in [0.25, 0.3) is 0 Å². The van der Waals surface area contributed by atoms with Gasteiger partial charge in [-0.05, 0) is 25.0 Å². The fourth-order valence-corrected chi connectivity index (χ4v) is 1.44. The van der Waals surface area contributed by atoms with Crippen LogP contribution >= 0.6 is 0 Å². The van der Waals surface area contributed by atoms with Gasteiger partial charge in [-0.25, -0.2) is 0 Å². The average molecular weight is 195 g/mol. The first-order valence-electron chi connectivity index (χ1n) is 4.68. The molecule has 0 spiro atoms. The Hall–Kier alpha value is -1.06. The van der Waals surface area contributed by atoms with Gasteiger partial charge in [-0.2, -0.15) is 5.48 Å². The number of benzene rings is 1. The minimum absolute atomic E-state index is 0.274. The van der Waals surface area contributed by atoms with Gasteiger partial charge in [0.2, 0.25) is 0 Å². The molecule has 78 valence electrons. The van der Waals surface area contributed by atoms with Crippen molar-refractivity contribution in [2.45, 2.75) is 19.4 Å². The van der Waals surface area contributed by atoms with Crippen LogP contribution in [0.5, 0.6) is 5.75 Å². The molecule has 3 heteroatoms. The van der Waals surface area contributed by atoms with Gasteiger partial charge in [-0.15, -0.1) is 0 Å². The van der Waals surface area contributed by atoms with Gasteiger partial charge in [0.1, 0.15) is 5.75 Å². The molecule has 1 aromatic rings. The van der Waals surface area contributed by atoms with Crippen LogP contribution < -0.4 is 10.2 Å². The zero-order valence-corrected chi connectivity index (χ0v) is 8.91. The van der Waals surface area contributed by atoms with Gasteiger partial charge in [-0.1, -0.05) is 18.2 Å². The highest BCUT2D eigenvalue weighted by atomic mass is 16.6. The van der Waals surface area contributed by atoms with E-state index < -0.39 is 0 Å². The number of ether oxygens (including phenoxy) is 1. The summed E-state index contributed by atoms with van der Waals surface area (Å²) in [6.45, 7) is 2.07. The van der Waals surface area contributed by atoms with E-state index in [4.69, 9.17) is 9.57 Å². The predicted octanol–water partition coefficient (Wildman–Crippen LogP) is 1.78. The molecular formula is C11H17NO2. The standard InChI is InChI=1S/C11H17NO2/c1-9(12-14-3)8-10-6-4-5-7-11(10)13-2/h4-7,9,12H,8H2,1-3H3. The minimum Gasteiger partial charge on any atom is -0.496 e. The first-order chi connectivity index (χ1) is 6.77. The third-order valence-corrected chi connectivity index (χ3v) is 2.04. The van der Waals surface area contributed by atoms with Gasteiger partial charge in [-0.3, -0.25) is 0 Å². The summed E-state index contributed by atoms with van der Waals surface area (Å²) in [7, 11) is 3.31. The molecule has 0 saturated heterocycles. The quantitative estimate of drug-likeness (QED) is 0.726. The molecule has 0 saturated carbocycles. The zero-order valence-electron chi connectivity index (χ0n) is 8.91. The molecule has 0 bridgehead atoms. The fraction of sp³-hybridized carbons (Fsp3) is 0.455. The van der Waals surface area contributed by atoms with Crippen LogP contribution in [0.15, 0.2) is 24.3 Å². The minimum atomic E-state index is 0.274. The van der Waals surface area contributed by atoms with E-state index in [9.17, 15) is 0 Å². The summed E-state index contributed by atoms with van der Waals surface area (Å²) >= 11 is 0. The van der Waals surface area contributed by atoms with Crippen molar-refractivity contribution in [3.8, 4) is 5.75 Å². The van der Waals surface area contributed by atoms with Crippen molar-refractivity contribution in [2.75, 3.05) is 14.2 Å². The van der Waals surface area contributed by atoms with Crippen LogP contribution in [0, 0.1) is 0 Å². The SMILES string of the molecule is CONC(C)Cc1ccccc1OC. The Kier molecular flexibility index (Phi) is 4.43. The van der Waals surface area contributed by atoms with E-state index in [-0.39, 0.29) is 6.04 Å². The second kappa shape index (κ2) is 5.62. The molecule has 0 amide bonds. The average Bonchev–Trinajstić information content (AvgIpc) is 2.19. The maximum absolute atomic E-state index is 5.26. The highest BCUT2D eigenvalue weighted by Crippen LogP contribution is 2.18. The molecule has 14 heavy (non-hydrogen) atoms. The molecule has 0 aliphatic carbocycles. The molecule has 3 nitrogen and oxygen atoms in total. The normalized spacial score (nSPS) is 12.5. The number of hydrogen-bond donors (Lipinski definition) is 1. The lowest BCUT2D eigenvalue weighted by Gasteiger charge is -2.13. The molecule has 1 aromatic carbocycles. The number of hydroxylamine groups is 1. The maximum Gasteiger partial charge on any atom is 0.122 e. The first kappa shape index (κ1) is 11.0. The Labute approximate surface area is 85.0 Å². The van der Waals surface area contributed by atoms with Crippen molar-refractivity contribution in [2.24, 2.45) is 0 Å². The highest BCUT2D eigenvalue weighted by Gasteiger charge is 2.06. The molecular weight excluding hydrogens is 178 g/mol. The van der Waals surface area contributed by atoms with E-state index in [1.807, 2.05) is 18.2 Å². The summed E-state index contributed by atoms with van der Waals surface area (Å²) < 4.78 is 5.26. The van der Waals surface area contributed by atoms with Gasteiger partial charge in [0.15, 0.2) is 0 Å². The summed E-state index contributed by atoms with van der Waals surface area (Å²) in [6.07, 6.45) is 0.887. The monoisotopic (exact) mass is 195 g/mol. The van der Waals surface area contributed by atoms with E-state index >= 15 is 0 Å². The number of para-hydroxylation sites is 1. The molecule has 1 unspecified atom stereocenters. The van der Waals surface area contributed by atoms with E-state index in [2.05, 4.69) is 18.5 Å². The summed E-state index contributed by atoms with van der Waals surface area (Å²) in [4.78, 5) is 4.86. The van der Waals surface area contributed by atoms with Crippen molar-refractivity contribution in [1.82, 2.24) is 5.48 Å². The summed E-state index contributed by atoms with van der Waals surface area (Å²) in [5.74, 6) is 0.928. The summed E-state index contributed by atoms with van der Waals surface area (Å²) in [5, 5.41) is 0. The third kappa shape index (κ3) is 3.01. The summed E-state index contributed by atoms with van der Waals surface area (Å²) in [6, 6.07) is 8.28. The van der Waals surface area contributed by atoms with Crippen molar-refractivity contribution >= 4 is 0 Å². The van der Waals surface area contributed by atoms with Crippen LogP contribution in [0.25, 0.3) is 0 Å². The number of nitrogens with one attached hydrogen (secondary N) is 1. The first-order valence-corrected chi connectivity index (χ1v) is 4.68. The third-order valence-electron chi connectivity index (χ3n) is 2.04. The Bertz CT molecular complexity index is 276. The molecule has 0 heterocycles. The highest BCUT2D eigenvalue weighted by molar-refractivity contribution is 5.33.